The molecule has 1 amide bonds. The molecule has 3 aliphatic rings. The highest BCUT2D eigenvalue weighted by Crippen LogP contribution is 2.40. The van der Waals surface area contributed by atoms with E-state index in [9.17, 15) is 13.2 Å². The Kier molecular flexibility index (Phi) is 5.57. The molecule has 0 aliphatic carbocycles. The van der Waals surface area contributed by atoms with Gasteiger partial charge in [0.05, 0.1) is 16.7 Å². The molecule has 8 heteroatoms. The number of rotatable bonds is 4. The minimum atomic E-state index is -3.31. The maximum Gasteiger partial charge on any atom is 0.225 e. The molecule has 2 saturated heterocycles. The van der Waals surface area contributed by atoms with Crippen molar-refractivity contribution in [1.82, 2.24) is 14.9 Å². The van der Waals surface area contributed by atoms with E-state index < -0.39 is 15.1 Å². The lowest BCUT2D eigenvalue weighted by Gasteiger charge is -2.32. The van der Waals surface area contributed by atoms with Crippen molar-refractivity contribution in [2.24, 2.45) is 11.8 Å². The van der Waals surface area contributed by atoms with E-state index in [1.807, 2.05) is 0 Å². The van der Waals surface area contributed by atoms with E-state index in [0.717, 1.165) is 31.6 Å². The van der Waals surface area contributed by atoms with Crippen molar-refractivity contribution in [3.63, 3.8) is 0 Å². The highest BCUT2D eigenvalue weighted by molar-refractivity contribution is 7.91. The van der Waals surface area contributed by atoms with Gasteiger partial charge in [0.1, 0.15) is 0 Å². The molecular formula is C21H32N4O3S. The van der Waals surface area contributed by atoms with Gasteiger partial charge >= 0.3 is 0 Å². The second kappa shape index (κ2) is 7.85. The standard InChI is InChI=1S/C21H32N4O3S/c1-14(2)6-7-19(26)25-11-17-18(12-25)29(27,28)13-16-9-22-21(23-20(16)17)24-8-4-5-15(3)10-24/h9,14-15,17-18H,4-8,10-13H2,1-3H3/t15?,17-,18+/m0/s1. The number of hydrogen-bond donors (Lipinski definition) is 0. The molecule has 4 rings (SSSR count). The van der Waals surface area contributed by atoms with Crippen LogP contribution in [0.1, 0.15) is 63.6 Å². The number of carbonyl (C=O) groups is 1. The summed E-state index contributed by atoms with van der Waals surface area (Å²) >= 11 is 0. The van der Waals surface area contributed by atoms with Gasteiger partial charge in [-0.05, 0) is 31.1 Å². The topological polar surface area (TPSA) is 83.5 Å². The predicted octanol–water partition coefficient (Wildman–Crippen LogP) is 2.37. The van der Waals surface area contributed by atoms with E-state index in [1.54, 1.807) is 11.1 Å². The Morgan fingerprint density at radius 2 is 2.07 bits per heavy atom. The Labute approximate surface area is 173 Å². The van der Waals surface area contributed by atoms with Gasteiger partial charge in [0.25, 0.3) is 0 Å². The summed E-state index contributed by atoms with van der Waals surface area (Å²) in [7, 11) is -3.31. The molecule has 0 saturated carbocycles. The molecule has 0 radical (unpaired) electrons. The molecule has 0 spiro atoms. The van der Waals surface area contributed by atoms with Crippen LogP contribution < -0.4 is 4.90 Å². The fourth-order valence-corrected chi connectivity index (χ4v) is 6.86. The summed E-state index contributed by atoms with van der Waals surface area (Å²) in [5.74, 6) is 1.57. The molecule has 0 N–H and O–H groups in total. The maximum atomic E-state index is 12.9. The first-order valence-electron chi connectivity index (χ1n) is 10.8. The molecule has 7 nitrogen and oxygen atoms in total. The van der Waals surface area contributed by atoms with Crippen LogP contribution in [0.2, 0.25) is 0 Å². The van der Waals surface area contributed by atoms with Crippen LogP contribution in [0.3, 0.4) is 0 Å². The van der Waals surface area contributed by atoms with Gasteiger partial charge < -0.3 is 9.80 Å². The zero-order valence-corrected chi connectivity index (χ0v) is 18.5. The van der Waals surface area contributed by atoms with Crippen LogP contribution in [0.4, 0.5) is 5.95 Å². The van der Waals surface area contributed by atoms with E-state index in [2.05, 4.69) is 30.7 Å². The van der Waals surface area contributed by atoms with Gasteiger partial charge in [-0.2, -0.15) is 0 Å². The van der Waals surface area contributed by atoms with Crippen LogP contribution in [0.25, 0.3) is 0 Å². The number of aromatic nitrogens is 2. The molecule has 3 aliphatic heterocycles. The number of amides is 1. The summed E-state index contributed by atoms with van der Waals surface area (Å²) in [5.41, 5.74) is 1.55. The number of carbonyl (C=O) groups excluding carboxylic acids is 1. The molecule has 2 fully saturated rings. The minimum absolute atomic E-state index is 0.0196. The number of likely N-dealkylation sites (tertiary alicyclic amines) is 1. The van der Waals surface area contributed by atoms with Crippen LogP contribution in [0.5, 0.6) is 0 Å². The SMILES string of the molecule is CC(C)CCC(=O)N1C[C@@H]2c3nc(N4CCCC(C)C4)ncc3CS(=O)(=O)[C@@H]2C1. The Hall–Kier alpha value is -1.70. The molecule has 0 aromatic carbocycles. The van der Waals surface area contributed by atoms with E-state index >= 15 is 0 Å². The molecular weight excluding hydrogens is 388 g/mol. The zero-order valence-electron chi connectivity index (χ0n) is 17.7. The molecule has 1 aromatic heterocycles. The monoisotopic (exact) mass is 420 g/mol. The van der Waals surface area contributed by atoms with E-state index in [-0.39, 0.29) is 17.6 Å². The zero-order chi connectivity index (χ0) is 20.8. The predicted molar refractivity (Wildman–Crippen MR) is 112 cm³/mol. The van der Waals surface area contributed by atoms with Crippen molar-refractivity contribution < 1.29 is 13.2 Å². The van der Waals surface area contributed by atoms with Crippen LogP contribution in [0, 0.1) is 11.8 Å². The van der Waals surface area contributed by atoms with E-state index in [4.69, 9.17) is 4.98 Å². The average Bonchev–Trinajstić information content (AvgIpc) is 3.13. The lowest BCUT2D eigenvalue weighted by atomic mass is 9.99. The summed E-state index contributed by atoms with van der Waals surface area (Å²) in [6, 6.07) is 0. The summed E-state index contributed by atoms with van der Waals surface area (Å²) in [6.07, 6.45) is 5.35. The number of nitrogens with zero attached hydrogens (tertiary/aromatic N) is 4. The van der Waals surface area contributed by atoms with Gasteiger partial charge in [0, 0.05) is 50.3 Å². The van der Waals surface area contributed by atoms with Crippen LogP contribution >= 0.6 is 0 Å². The lowest BCUT2D eigenvalue weighted by Crippen LogP contribution is -2.38. The van der Waals surface area contributed by atoms with Crippen molar-refractivity contribution in [1.29, 1.82) is 0 Å². The molecule has 0 bridgehead atoms. The summed E-state index contributed by atoms with van der Waals surface area (Å²) in [6.45, 7) is 9.05. The average molecular weight is 421 g/mol. The number of sulfone groups is 1. The Balaban J connectivity index is 1.60. The van der Waals surface area contributed by atoms with Crippen molar-refractivity contribution in [3.05, 3.63) is 17.5 Å². The van der Waals surface area contributed by atoms with Gasteiger partial charge in [-0.3, -0.25) is 4.79 Å². The first kappa shape index (κ1) is 20.6. The molecule has 1 aromatic rings. The highest BCUT2D eigenvalue weighted by atomic mass is 32.2. The number of anilines is 1. The van der Waals surface area contributed by atoms with Crippen LogP contribution in [-0.2, 0) is 20.4 Å². The van der Waals surface area contributed by atoms with Crippen molar-refractivity contribution in [2.45, 2.75) is 63.4 Å². The van der Waals surface area contributed by atoms with Gasteiger partial charge in [-0.25, -0.2) is 18.4 Å². The summed E-state index contributed by atoms with van der Waals surface area (Å²) in [4.78, 5) is 26.0. The lowest BCUT2D eigenvalue weighted by molar-refractivity contribution is -0.130. The first-order chi connectivity index (χ1) is 13.7. The smallest absolute Gasteiger partial charge is 0.225 e. The fraction of sp³-hybridized carbons (Fsp3) is 0.762. The van der Waals surface area contributed by atoms with Gasteiger partial charge in [0.15, 0.2) is 9.84 Å². The van der Waals surface area contributed by atoms with Crippen molar-refractivity contribution in [2.75, 3.05) is 31.1 Å². The number of fused-ring (bicyclic) bond motifs is 3. The van der Waals surface area contributed by atoms with Crippen molar-refractivity contribution >= 4 is 21.7 Å². The van der Waals surface area contributed by atoms with Gasteiger partial charge in [0.2, 0.25) is 11.9 Å². The fourth-order valence-electron chi connectivity index (χ4n) is 4.86. The Morgan fingerprint density at radius 3 is 2.79 bits per heavy atom. The van der Waals surface area contributed by atoms with Gasteiger partial charge in [-0.15, -0.1) is 0 Å². The van der Waals surface area contributed by atoms with E-state index in [0.29, 0.717) is 42.9 Å². The normalized spacial score (nSPS) is 28.3. The maximum absolute atomic E-state index is 12.9. The van der Waals surface area contributed by atoms with Gasteiger partial charge in [-0.1, -0.05) is 20.8 Å². The third-order valence-corrected chi connectivity index (χ3v) is 8.66. The quantitative estimate of drug-likeness (QED) is 0.744. The minimum Gasteiger partial charge on any atom is -0.341 e. The van der Waals surface area contributed by atoms with Crippen molar-refractivity contribution in [3.8, 4) is 0 Å². The summed E-state index contributed by atoms with van der Waals surface area (Å²) in [5, 5.41) is -0.541. The summed E-state index contributed by atoms with van der Waals surface area (Å²) < 4.78 is 25.8. The molecule has 160 valence electrons. The third kappa shape index (κ3) is 4.13. The van der Waals surface area contributed by atoms with Crippen LogP contribution in [-0.4, -0.2) is 60.6 Å². The third-order valence-electron chi connectivity index (χ3n) is 6.55. The number of piperidine rings is 1. The largest absolute Gasteiger partial charge is 0.341 e. The second-order valence-corrected chi connectivity index (χ2v) is 11.7. The first-order valence-corrected chi connectivity index (χ1v) is 12.6. The molecule has 3 atom stereocenters. The highest BCUT2D eigenvalue weighted by Gasteiger charge is 2.48. The molecule has 4 heterocycles. The molecule has 29 heavy (non-hydrogen) atoms. The molecule has 1 unspecified atom stereocenters. The number of hydrogen-bond acceptors (Lipinski definition) is 6. The second-order valence-electron chi connectivity index (χ2n) is 9.46. The Morgan fingerprint density at radius 1 is 1.28 bits per heavy atom. The van der Waals surface area contributed by atoms with Crippen LogP contribution in [0.15, 0.2) is 6.20 Å². The Bertz CT molecular complexity index is 886. The van der Waals surface area contributed by atoms with E-state index in [1.165, 1.54) is 6.42 Å².